The van der Waals surface area contributed by atoms with E-state index < -0.39 is 6.04 Å². The van der Waals surface area contributed by atoms with Gasteiger partial charge in [-0.15, -0.1) is 0 Å². The zero-order chi connectivity index (χ0) is 17.8. The van der Waals surface area contributed by atoms with Crippen LogP contribution in [0.25, 0.3) is 0 Å². The maximum absolute atomic E-state index is 12.5. The Bertz CT molecular complexity index is 650. The molecule has 2 saturated heterocycles. The predicted molar refractivity (Wildman–Crippen MR) is 97.2 cm³/mol. The summed E-state index contributed by atoms with van der Waals surface area (Å²) in [5.74, 6) is -0.128. The van der Waals surface area contributed by atoms with Gasteiger partial charge in [0.1, 0.15) is 6.04 Å². The molecule has 2 aliphatic heterocycles. The molecule has 0 aliphatic carbocycles. The van der Waals surface area contributed by atoms with Gasteiger partial charge in [-0.25, -0.2) is 4.79 Å². The van der Waals surface area contributed by atoms with Gasteiger partial charge in [0.05, 0.1) is 16.1 Å². The number of carbonyl (C=O) groups is 2. The molecule has 25 heavy (non-hydrogen) atoms. The number of ether oxygens (including phenoxy) is 1. The molecule has 2 N–H and O–H groups in total. The normalized spacial score (nSPS) is 22.9. The fourth-order valence-electron chi connectivity index (χ4n) is 3.19. The summed E-state index contributed by atoms with van der Waals surface area (Å²) < 4.78 is 5.51. The van der Waals surface area contributed by atoms with Crippen molar-refractivity contribution in [3.05, 3.63) is 28.2 Å². The van der Waals surface area contributed by atoms with E-state index in [0.717, 1.165) is 25.9 Å². The first-order chi connectivity index (χ1) is 12.0. The van der Waals surface area contributed by atoms with Crippen LogP contribution >= 0.6 is 23.2 Å². The average Bonchev–Trinajstić information content (AvgIpc) is 3.27. The molecular formula is C17H21Cl2N3O3. The van der Waals surface area contributed by atoms with E-state index in [9.17, 15) is 9.59 Å². The van der Waals surface area contributed by atoms with Crippen molar-refractivity contribution in [1.82, 2.24) is 10.2 Å². The van der Waals surface area contributed by atoms with Gasteiger partial charge < -0.3 is 20.3 Å². The van der Waals surface area contributed by atoms with E-state index >= 15 is 0 Å². The van der Waals surface area contributed by atoms with Crippen LogP contribution in [0, 0.1) is 0 Å². The Balaban J connectivity index is 1.56. The SMILES string of the molecule is O=C(NC[C@@H]1CCCO1)[C@@H]1CCCN1C(=O)Nc1ccc(Cl)c(Cl)c1. The molecule has 0 unspecified atom stereocenters. The summed E-state index contributed by atoms with van der Waals surface area (Å²) in [4.78, 5) is 26.5. The van der Waals surface area contributed by atoms with Crippen LogP contribution < -0.4 is 10.6 Å². The minimum absolute atomic E-state index is 0.0869. The Morgan fingerprint density at radius 3 is 2.76 bits per heavy atom. The largest absolute Gasteiger partial charge is 0.376 e. The van der Waals surface area contributed by atoms with E-state index in [-0.39, 0.29) is 18.0 Å². The van der Waals surface area contributed by atoms with Crippen molar-refractivity contribution in [2.24, 2.45) is 0 Å². The third-order valence-corrected chi connectivity index (χ3v) is 5.25. The smallest absolute Gasteiger partial charge is 0.322 e. The van der Waals surface area contributed by atoms with Crippen LogP contribution in [0.3, 0.4) is 0 Å². The molecule has 1 aromatic carbocycles. The number of rotatable bonds is 4. The van der Waals surface area contributed by atoms with Crippen LogP contribution in [0.1, 0.15) is 25.7 Å². The zero-order valence-corrected chi connectivity index (χ0v) is 15.3. The highest BCUT2D eigenvalue weighted by Gasteiger charge is 2.34. The molecule has 3 amide bonds. The van der Waals surface area contributed by atoms with Crippen molar-refractivity contribution in [2.45, 2.75) is 37.8 Å². The molecule has 2 aliphatic rings. The molecule has 6 nitrogen and oxygen atoms in total. The van der Waals surface area contributed by atoms with Gasteiger partial charge in [-0.3, -0.25) is 4.79 Å². The van der Waals surface area contributed by atoms with Crippen LogP contribution in [0.4, 0.5) is 10.5 Å². The van der Waals surface area contributed by atoms with E-state index in [4.69, 9.17) is 27.9 Å². The van der Waals surface area contributed by atoms with Crippen LogP contribution in [-0.4, -0.2) is 48.7 Å². The predicted octanol–water partition coefficient (Wildman–Crippen LogP) is 3.28. The highest BCUT2D eigenvalue weighted by atomic mass is 35.5. The number of amides is 3. The van der Waals surface area contributed by atoms with E-state index in [2.05, 4.69) is 10.6 Å². The summed E-state index contributed by atoms with van der Waals surface area (Å²) in [6, 6.07) is 4.12. The van der Waals surface area contributed by atoms with Crippen LogP contribution in [0.2, 0.25) is 10.0 Å². The lowest BCUT2D eigenvalue weighted by atomic mass is 10.2. The summed E-state index contributed by atoms with van der Waals surface area (Å²) in [5.41, 5.74) is 0.546. The number of nitrogens with zero attached hydrogens (tertiary/aromatic N) is 1. The monoisotopic (exact) mass is 385 g/mol. The van der Waals surface area contributed by atoms with Gasteiger partial charge in [-0.1, -0.05) is 23.2 Å². The minimum Gasteiger partial charge on any atom is -0.376 e. The molecular weight excluding hydrogens is 365 g/mol. The highest BCUT2D eigenvalue weighted by molar-refractivity contribution is 6.42. The van der Waals surface area contributed by atoms with Crippen molar-refractivity contribution in [2.75, 3.05) is 25.0 Å². The third kappa shape index (κ3) is 4.57. The minimum atomic E-state index is -0.454. The maximum atomic E-state index is 12.5. The van der Waals surface area contributed by atoms with Gasteiger partial charge in [0.25, 0.3) is 0 Å². The first-order valence-corrected chi connectivity index (χ1v) is 9.22. The second-order valence-electron chi connectivity index (χ2n) is 6.29. The second kappa shape index (κ2) is 8.25. The quantitative estimate of drug-likeness (QED) is 0.835. The van der Waals surface area contributed by atoms with Crippen molar-refractivity contribution in [3.63, 3.8) is 0 Å². The molecule has 0 radical (unpaired) electrons. The topological polar surface area (TPSA) is 70.7 Å². The molecule has 0 aromatic heterocycles. The number of halogens is 2. The van der Waals surface area contributed by atoms with Gasteiger partial charge in [-0.05, 0) is 43.9 Å². The molecule has 2 fully saturated rings. The first-order valence-electron chi connectivity index (χ1n) is 8.46. The Kier molecular flexibility index (Phi) is 6.04. The van der Waals surface area contributed by atoms with Crippen molar-refractivity contribution >= 4 is 40.8 Å². The second-order valence-corrected chi connectivity index (χ2v) is 7.11. The molecule has 2 atom stereocenters. The van der Waals surface area contributed by atoms with E-state index in [1.807, 2.05) is 0 Å². The Morgan fingerprint density at radius 1 is 1.20 bits per heavy atom. The van der Waals surface area contributed by atoms with Crippen LogP contribution in [0.5, 0.6) is 0 Å². The molecule has 3 rings (SSSR count). The van der Waals surface area contributed by atoms with Crippen LogP contribution in [0.15, 0.2) is 18.2 Å². The lowest BCUT2D eigenvalue weighted by Gasteiger charge is -2.25. The zero-order valence-electron chi connectivity index (χ0n) is 13.8. The first kappa shape index (κ1) is 18.3. The Morgan fingerprint density at radius 2 is 2.04 bits per heavy atom. The molecule has 8 heteroatoms. The number of carbonyl (C=O) groups excluding carboxylic acids is 2. The van der Waals surface area contributed by atoms with Gasteiger partial charge >= 0.3 is 6.03 Å². The molecule has 0 saturated carbocycles. The standard InChI is InChI=1S/C17H21Cl2N3O3/c18-13-6-5-11(9-14(13)19)21-17(24)22-7-1-4-15(22)16(23)20-10-12-3-2-8-25-12/h5-6,9,12,15H,1-4,7-8,10H2,(H,20,23)(H,21,24)/t12-,15-/m0/s1. The summed E-state index contributed by atoms with van der Waals surface area (Å²) in [6.07, 6.45) is 3.54. The van der Waals surface area contributed by atoms with E-state index in [1.165, 1.54) is 0 Å². The number of likely N-dealkylation sites (tertiary alicyclic amines) is 1. The molecule has 136 valence electrons. The fourth-order valence-corrected chi connectivity index (χ4v) is 3.49. The average molecular weight is 386 g/mol. The summed E-state index contributed by atoms with van der Waals surface area (Å²) >= 11 is 11.8. The summed E-state index contributed by atoms with van der Waals surface area (Å²) in [7, 11) is 0. The Hall–Kier alpha value is -1.50. The molecule has 0 bridgehead atoms. The molecule has 2 heterocycles. The van der Waals surface area contributed by atoms with Gasteiger partial charge in [-0.2, -0.15) is 0 Å². The number of hydrogen-bond acceptors (Lipinski definition) is 3. The lowest BCUT2D eigenvalue weighted by molar-refractivity contribution is -0.125. The van der Waals surface area contributed by atoms with E-state index in [1.54, 1.807) is 23.1 Å². The third-order valence-electron chi connectivity index (χ3n) is 4.52. The fraction of sp³-hybridized carbons (Fsp3) is 0.529. The van der Waals surface area contributed by atoms with Gasteiger partial charge in [0.15, 0.2) is 0 Å². The van der Waals surface area contributed by atoms with Gasteiger partial charge in [0, 0.05) is 25.4 Å². The van der Waals surface area contributed by atoms with Crippen molar-refractivity contribution in [3.8, 4) is 0 Å². The highest BCUT2D eigenvalue weighted by Crippen LogP contribution is 2.26. The number of nitrogens with one attached hydrogen (secondary N) is 2. The van der Waals surface area contributed by atoms with Gasteiger partial charge in [0.2, 0.25) is 5.91 Å². The lowest BCUT2D eigenvalue weighted by Crippen LogP contribution is -2.48. The molecule has 0 spiro atoms. The van der Waals surface area contributed by atoms with Crippen molar-refractivity contribution < 1.29 is 14.3 Å². The number of benzene rings is 1. The molecule has 1 aromatic rings. The maximum Gasteiger partial charge on any atom is 0.322 e. The Labute approximate surface area is 156 Å². The summed E-state index contributed by atoms with van der Waals surface area (Å²) in [5, 5.41) is 6.47. The number of anilines is 1. The summed E-state index contributed by atoms with van der Waals surface area (Å²) in [6.45, 7) is 1.80. The number of urea groups is 1. The van der Waals surface area contributed by atoms with E-state index in [0.29, 0.717) is 35.2 Å². The van der Waals surface area contributed by atoms with Crippen molar-refractivity contribution in [1.29, 1.82) is 0 Å². The van der Waals surface area contributed by atoms with Crippen LogP contribution in [-0.2, 0) is 9.53 Å². The number of hydrogen-bond donors (Lipinski definition) is 2.